The fraction of sp³-hybridized carbons (Fsp3) is 0.0690. The number of nitrogens with zero attached hydrogens (tertiary/aromatic N) is 3. The van der Waals surface area contributed by atoms with E-state index < -0.39 is 28.4 Å². The number of aromatic nitrogens is 1. The van der Waals surface area contributed by atoms with E-state index in [0.717, 1.165) is 6.07 Å². The van der Waals surface area contributed by atoms with Crippen LogP contribution in [0, 0.1) is 10.1 Å². The standard InChI is InChI=1S/C29H21N3O6/c33-27(20-9-6-11-22(16-20)32(36)37)25-26(31(29(35)28(25)34)18-21-10-4-5-15-30-21)19-8-7-14-24(17-19)38-23-12-2-1-3-13-23/h1-17,26,33H,18H2/b27-25-. The zero-order valence-corrected chi connectivity index (χ0v) is 19.9. The molecule has 4 aromatic rings. The third kappa shape index (κ3) is 4.85. The number of aliphatic hydroxyl groups is 1. The average molecular weight is 508 g/mol. The van der Waals surface area contributed by atoms with Crippen LogP contribution in [-0.2, 0) is 16.1 Å². The van der Waals surface area contributed by atoms with Gasteiger partial charge in [0, 0.05) is 23.9 Å². The van der Waals surface area contributed by atoms with Gasteiger partial charge in [-0.2, -0.15) is 0 Å². The molecule has 0 spiro atoms. The molecule has 1 amide bonds. The summed E-state index contributed by atoms with van der Waals surface area (Å²) in [5, 5.41) is 22.5. The lowest BCUT2D eigenvalue weighted by atomic mass is 9.95. The maximum Gasteiger partial charge on any atom is 0.296 e. The van der Waals surface area contributed by atoms with E-state index in [9.17, 15) is 24.8 Å². The van der Waals surface area contributed by atoms with Gasteiger partial charge in [0.25, 0.3) is 17.4 Å². The minimum atomic E-state index is -0.990. The lowest BCUT2D eigenvalue weighted by molar-refractivity contribution is -0.384. The van der Waals surface area contributed by atoms with Crippen molar-refractivity contribution in [3.63, 3.8) is 0 Å². The quantitative estimate of drug-likeness (QED) is 0.117. The van der Waals surface area contributed by atoms with Crippen molar-refractivity contribution in [3.8, 4) is 11.5 Å². The predicted octanol–water partition coefficient (Wildman–Crippen LogP) is 5.40. The van der Waals surface area contributed by atoms with Gasteiger partial charge < -0.3 is 14.7 Å². The van der Waals surface area contributed by atoms with Crippen molar-refractivity contribution in [2.75, 3.05) is 0 Å². The number of amides is 1. The van der Waals surface area contributed by atoms with E-state index in [4.69, 9.17) is 4.74 Å². The van der Waals surface area contributed by atoms with Crippen molar-refractivity contribution in [2.24, 2.45) is 0 Å². The predicted molar refractivity (Wildman–Crippen MR) is 138 cm³/mol. The SMILES string of the molecule is O=C1C(=O)N(Cc2ccccn2)C(c2cccc(Oc3ccccc3)c2)/C1=C(/O)c1cccc([N+](=O)[O-])c1. The fourth-order valence-corrected chi connectivity index (χ4v) is 4.35. The number of benzene rings is 3. The Labute approximate surface area is 217 Å². The lowest BCUT2D eigenvalue weighted by Gasteiger charge is -2.25. The van der Waals surface area contributed by atoms with Gasteiger partial charge in [-0.1, -0.05) is 48.5 Å². The molecule has 1 aliphatic heterocycles. The lowest BCUT2D eigenvalue weighted by Crippen LogP contribution is -2.29. The van der Waals surface area contributed by atoms with E-state index in [1.807, 2.05) is 18.2 Å². The molecule has 3 aromatic carbocycles. The molecular formula is C29H21N3O6. The third-order valence-corrected chi connectivity index (χ3v) is 6.08. The molecule has 188 valence electrons. The molecule has 1 unspecified atom stereocenters. The highest BCUT2D eigenvalue weighted by atomic mass is 16.6. The maximum absolute atomic E-state index is 13.3. The van der Waals surface area contributed by atoms with Crippen molar-refractivity contribution >= 4 is 23.1 Å². The molecule has 1 fully saturated rings. The molecule has 2 heterocycles. The highest BCUT2D eigenvalue weighted by Crippen LogP contribution is 2.41. The van der Waals surface area contributed by atoms with Gasteiger partial charge in [-0.15, -0.1) is 0 Å². The molecule has 1 aliphatic rings. The minimum absolute atomic E-state index is 0.00552. The van der Waals surface area contributed by atoms with Gasteiger partial charge in [0.1, 0.15) is 17.3 Å². The maximum atomic E-state index is 13.3. The number of non-ortho nitro benzene ring substituents is 1. The van der Waals surface area contributed by atoms with Crippen LogP contribution in [0.1, 0.15) is 22.9 Å². The highest BCUT2D eigenvalue weighted by molar-refractivity contribution is 6.46. The monoisotopic (exact) mass is 507 g/mol. The normalized spacial score (nSPS) is 16.4. The second kappa shape index (κ2) is 10.4. The Hall–Kier alpha value is -5.31. The van der Waals surface area contributed by atoms with E-state index in [-0.39, 0.29) is 23.4 Å². The molecule has 5 rings (SSSR count). The Kier molecular flexibility index (Phi) is 6.65. The van der Waals surface area contributed by atoms with Crippen LogP contribution in [0.25, 0.3) is 5.76 Å². The van der Waals surface area contributed by atoms with E-state index in [2.05, 4.69) is 4.98 Å². The molecule has 1 aromatic heterocycles. The molecular weight excluding hydrogens is 486 g/mol. The summed E-state index contributed by atoms with van der Waals surface area (Å²) in [5.41, 5.74) is 0.679. The van der Waals surface area contributed by atoms with E-state index in [1.54, 1.807) is 60.8 Å². The molecule has 1 N–H and O–H groups in total. The van der Waals surface area contributed by atoms with Gasteiger partial charge in [-0.25, -0.2) is 0 Å². The number of para-hydroxylation sites is 1. The van der Waals surface area contributed by atoms with Crippen molar-refractivity contribution in [2.45, 2.75) is 12.6 Å². The summed E-state index contributed by atoms with van der Waals surface area (Å²) in [5.74, 6) is -1.16. The number of carbonyl (C=O) groups is 2. The largest absolute Gasteiger partial charge is 0.507 e. The van der Waals surface area contributed by atoms with Crippen LogP contribution in [0.15, 0.2) is 109 Å². The van der Waals surface area contributed by atoms with E-state index in [1.165, 1.54) is 23.1 Å². The van der Waals surface area contributed by atoms with Crippen molar-refractivity contribution in [3.05, 3.63) is 136 Å². The van der Waals surface area contributed by atoms with Crippen LogP contribution in [0.2, 0.25) is 0 Å². The molecule has 1 saturated heterocycles. The van der Waals surface area contributed by atoms with Crippen LogP contribution in [-0.4, -0.2) is 31.6 Å². The summed E-state index contributed by atoms with van der Waals surface area (Å²) in [6.07, 6.45) is 1.58. The number of Topliss-reactive ketones (excluding diaryl/α,β-unsaturated/α-hetero) is 1. The van der Waals surface area contributed by atoms with Gasteiger partial charge in [0.05, 0.1) is 28.8 Å². The summed E-state index contributed by atoms with van der Waals surface area (Å²) in [7, 11) is 0. The van der Waals surface area contributed by atoms with Gasteiger partial charge in [0.2, 0.25) is 0 Å². The molecule has 0 bridgehead atoms. The van der Waals surface area contributed by atoms with Crippen molar-refractivity contribution in [1.29, 1.82) is 0 Å². The summed E-state index contributed by atoms with van der Waals surface area (Å²) in [6, 6.07) is 25.5. The molecule has 0 radical (unpaired) electrons. The number of hydrogen-bond donors (Lipinski definition) is 1. The molecule has 38 heavy (non-hydrogen) atoms. The second-order valence-electron chi connectivity index (χ2n) is 8.54. The summed E-state index contributed by atoms with van der Waals surface area (Å²) in [4.78, 5) is 42.9. The van der Waals surface area contributed by atoms with Crippen LogP contribution < -0.4 is 4.74 Å². The number of nitro groups is 1. The van der Waals surface area contributed by atoms with Crippen LogP contribution >= 0.6 is 0 Å². The number of likely N-dealkylation sites (tertiary alicyclic amines) is 1. The number of ketones is 1. The van der Waals surface area contributed by atoms with Crippen molar-refractivity contribution in [1.82, 2.24) is 9.88 Å². The highest BCUT2D eigenvalue weighted by Gasteiger charge is 2.46. The number of ether oxygens (including phenoxy) is 1. The number of aliphatic hydroxyl groups excluding tert-OH is 1. The molecule has 9 nitrogen and oxygen atoms in total. The van der Waals surface area contributed by atoms with E-state index >= 15 is 0 Å². The molecule has 9 heteroatoms. The van der Waals surface area contributed by atoms with Gasteiger partial charge in [-0.3, -0.25) is 24.7 Å². The summed E-state index contributed by atoms with van der Waals surface area (Å²) in [6.45, 7) is 0.00552. The number of pyridine rings is 1. The Morgan fingerprint density at radius 3 is 2.39 bits per heavy atom. The first-order valence-electron chi connectivity index (χ1n) is 11.7. The van der Waals surface area contributed by atoms with Crippen LogP contribution in [0.5, 0.6) is 11.5 Å². The number of nitro benzene ring substituents is 1. The van der Waals surface area contributed by atoms with E-state index in [0.29, 0.717) is 22.8 Å². The second-order valence-corrected chi connectivity index (χ2v) is 8.54. The number of carbonyl (C=O) groups excluding carboxylic acids is 2. The summed E-state index contributed by atoms with van der Waals surface area (Å²) < 4.78 is 5.95. The van der Waals surface area contributed by atoms with Gasteiger partial charge in [-0.05, 0) is 42.0 Å². The minimum Gasteiger partial charge on any atom is -0.507 e. The first kappa shape index (κ1) is 24.4. The smallest absolute Gasteiger partial charge is 0.296 e. The van der Waals surface area contributed by atoms with Gasteiger partial charge in [0.15, 0.2) is 0 Å². The zero-order chi connectivity index (χ0) is 26.6. The first-order chi connectivity index (χ1) is 18.4. The van der Waals surface area contributed by atoms with Gasteiger partial charge >= 0.3 is 0 Å². The molecule has 0 aliphatic carbocycles. The van der Waals surface area contributed by atoms with Crippen molar-refractivity contribution < 1.29 is 24.4 Å². The summed E-state index contributed by atoms with van der Waals surface area (Å²) >= 11 is 0. The zero-order valence-electron chi connectivity index (χ0n) is 19.9. The first-order valence-corrected chi connectivity index (χ1v) is 11.7. The Balaban J connectivity index is 1.63. The number of rotatable bonds is 7. The third-order valence-electron chi connectivity index (χ3n) is 6.08. The Morgan fingerprint density at radius 2 is 1.66 bits per heavy atom. The van der Waals surface area contributed by atoms with Crippen LogP contribution in [0.3, 0.4) is 0 Å². The Bertz CT molecular complexity index is 1550. The molecule has 1 atom stereocenters. The van der Waals surface area contributed by atoms with Crippen LogP contribution in [0.4, 0.5) is 5.69 Å². The topological polar surface area (TPSA) is 123 Å². The average Bonchev–Trinajstić information content (AvgIpc) is 3.19. The fourth-order valence-electron chi connectivity index (χ4n) is 4.35. The molecule has 0 saturated carbocycles. The Morgan fingerprint density at radius 1 is 0.921 bits per heavy atom. The number of hydrogen-bond acceptors (Lipinski definition) is 7.